The van der Waals surface area contributed by atoms with Gasteiger partial charge in [-0.05, 0) is 49.1 Å². The lowest BCUT2D eigenvalue weighted by Crippen LogP contribution is -2.51. The molecule has 1 aliphatic carbocycles. The summed E-state index contributed by atoms with van der Waals surface area (Å²) in [6, 6.07) is 9.88. The Hall–Kier alpha value is -2.54. The number of nitrogens with zero attached hydrogens (tertiary/aromatic N) is 3. The second-order valence-corrected chi connectivity index (χ2v) is 8.01. The van der Waals surface area contributed by atoms with Gasteiger partial charge in [0.05, 0.1) is 0 Å². The Labute approximate surface area is 169 Å². The molecule has 1 aromatic carbocycles. The molecule has 0 bridgehead atoms. The summed E-state index contributed by atoms with van der Waals surface area (Å²) in [5.41, 5.74) is 0.697. The van der Waals surface area contributed by atoms with Crippen LogP contribution in [0.15, 0.2) is 42.6 Å². The highest BCUT2D eigenvalue weighted by molar-refractivity contribution is 5.83. The van der Waals surface area contributed by atoms with Gasteiger partial charge in [-0.25, -0.2) is 13.8 Å². The number of pyridine rings is 1. The maximum atomic E-state index is 13.4. The third kappa shape index (κ3) is 4.72. The predicted molar refractivity (Wildman–Crippen MR) is 108 cm³/mol. The van der Waals surface area contributed by atoms with Crippen molar-refractivity contribution in [3.05, 3.63) is 59.8 Å². The van der Waals surface area contributed by atoms with E-state index >= 15 is 0 Å². The molecule has 1 N–H and O–H groups in total. The number of anilines is 1. The molecular formula is C22H26F2N4O. The molecule has 0 radical (unpaired) electrons. The molecule has 3 atom stereocenters. The van der Waals surface area contributed by atoms with Crippen molar-refractivity contribution < 1.29 is 13.6 Å². The fraction of sp³-hybridized carbons (Fsp3) is 0.455. The molecule has 0 spiro atoms. The largest absolute Gasteiger partial charge is 0.354 e. The summed E-state index contributed by atoms with van der Waals surface area (Å²) in [5.74, 6) is -0.869. The predicted octanol–water partition coefficient (Wildman–Crippen LogP) is 2.79. The lowest BCUT2D eigenvalue weighted by Gasteiger charge is -2.36. The second kappa shape index (κ2) is 8.45. The number of hydrogen-bond donors (Lipinski definition) is 1. The van der Waals surface area contributed by atoms with Crippen LogP contribution in [0.1, 0.15) is 24.8 Å². The van der Waals surface area contributed by atoms with Crippen LogP contribution in [0.3, 0.4) is 0 Å². The van der Waals surface area contributed by atoms with E-state index in [9.17, 15) is 13.6 Å². The van der Waals surface area contributed by atoms with Crippen LogP contribution in [0.25, 0.3) is 0 Å². The van der Waals surface area contributed by atoms with Crippen molar-refractivity contribution in [2.75, 3.05) is 37.6 Å². The van der Waals surface area contributed by atoms with Crippen molar-refractivity contribution >= 4 is 11.7 Å². The highest BCUT2D eigenvalue weighted by Gasteiger charge is 2.44. The van der Waals surface area contributed by atoms with Gasteiger partial charge in [0.1, 0.15) is 5.82 Å². The van der Waals surface area contributed by atoms with Crippen LogP contribution in [0.2, 0.25) is 0 Å². The van der Waals surface area contributed by atoms with E-state index in [-0.39, 0.29) is 23.8 Å². The summed E-state index contributed by atoms with van der Waals surface area (Å²) in [5, 5.41) is 3.08. The third-order valence-electron chi connectivity index (χ3n) is 5.77. The minimum absolute atomic E-state index is 0.000598. The van der Waals surface area contributed by atoms with Crippen LogP contribution in [0.4, 0.5) is 14.6 Å². The van der Waals surface area contributed by atoms with E-state index in [4.69, 9.17) is 0 Å². The number of aromatic nitrogens is 1. The monoisotopic (exact) mass is 400 g/mol. The molecule has 4 rings (SSSR count). The van der Waals surface area contributed by atoms with E-state index in [1.54, 1.807) is 6.07 Å². The van der Waals surface area contributed by atoms with Crippen molar-refractivity contribution in [2.24, 2.45) is 5.92 Å². The van der Waals surface area contributed by atoms with Crippen molar-refractivity contribution in [3.63, 3.8) is 0 Å². The fourth-order valence-electron chi connectivity index (χ4n) is 4.08. The zero-order valence-corrected chi connectivity index (χ0v) is 16.5. The number of hydrogen-bond acceptors (Lipinski definition) is 4. The molecule has 1 aliphatic heterocycles. The first-order valence-corrected chi connectivity index (χ1v) is 10.1. The van der Waals surface area contributed by atoms with Gasteiger partial charge in [0.25, 0.3) is 0 Å². The molecule has 7 heteroatoms. The number of amides is 1. The molecule has 1 amide bonds. The second-order valence-electron chi connectivity index (χ2n) is 8.01. The molecule has 3 unspecified atom stereocenters. The first-order chi connectivity index (χ1) is 14.0. The van der Waals surface area contributed by atoms with Gasteiger partial charge in [0.2, 0.25) is 5.91 Å². The highest BCUT2D eigenvalue weighted by Crippen LogP contribution is 2.47. The maximum Gasteiger partial charge on any atom is 0.224 e. The van der Waals surface area contributed by atoms with Crippen molar-refractivity contribution in [1.82, 2.24) is 15.2 Å². The number of carbonyl (C=O) groups is 1. The Kier molecular flexibility index (Phi) is 5.76. The minimum atomic E-state index is -0.855. The average molecular weight is 400 g/mol. The van der Waals surface area contributed by atoms with Crippen LogP contribution in [-0.2, 0) is 4.79 Å². The van der Waals surface area contributed by atoms with Crippen molar-refractivity contribution in [1.29, 1.82) is 0 Å². The summed E-state index contributed by atoms with van der Waals surface area (Å²) in [6.07, 6.45) is 2.50. The molecule has 1 saturated heterocycles. The molecule has 154 valence electrons. The molecule has 1 saturated carbocycles. The SMILES string of the molecule is CC(CN1CCN(c2ccccn2)CC1)NC(=O)C1CC1c1ccc(F)c(F)c1. The van der Waals surface area contributed by atoms with Gasteiger partial charge in [-0.1, -0.05) is 12.1 Å². The van der Waals surface area contributed by atoms with E-state index in [1.807, 2.05) is 31.3 Å². The van der Waals surface area contributed by atoms with Crippen molar-refractivity contribution in [3.8, 4) is 0 Å². The van der Waals surface area contributed by atoms with Gasteiger partial charge >= 0.3 is 0 Å². The lowest BCUT2D eigenvalue weighted by atomic mass is 10.1. The molecule has 2 fully saturated rings. The van der Waals surface area contributed by atoms with Gasteiger partial charge < -0.3 is 10.2 Å². The number of nitrogens with one attached hydrogen (secondary N) is 1. The zero-order chi connectivity index (χ0) is 20.4. The Bertz CT molecular complexity index is 855. The van der Waals surface area contributed by atoms with Crippen LogP contribution in [0, 0.1) is 17.6 Å². The Morgan fingerprint density at radius 2 is 1.97 bits per heavy atom. The summed E-state index contributed by atoms with van der Waals surface area (Å²) >= 11 is 0. The van der Waals surface area contributed by atoms with E-state index < -0.39 is 11.6 Å². The molecule has 29 heavy (non-hydrogen) atoms. The summed E-state index contributed by atoms with van der Waals surface area (Å²) in [4.78, 5) is 21.5. The number of rotatable bonds is 6. The number of carbonyl (C=O) groups excluding carboxylic acids is 1. The van der Waals surface area contributed by atoms with E-state index in [1.165, 1.54) is 6.07 Å². The summed E-state index contributed by atoms with van der Waals surface area (Å²) in [7, 11) is 0. The van der Waals surface area contributed by atoms with Gasteiger partial charge in [-0.2, -0.15) is 0 Å². The van der Waals surface area contributed by atoms with Crippen LogP contribution in [0.5, 0.6) is 0 Å². The van der Waals surface area contributed by atoms with Gasteiger partial charge in [-0.3, -0.25) is 9.69 Å². The topological polar surface area (TPSA) is 48.5 Å². The summed E-state index contributed by atoms with van der Waals surface area (Å²) in [6.45, 7) is 6.49. The number of benzene rings is 1. The van der Waals surface area contributed by atoms with Crippen LogP contribution in [-0.4, -0.2) is 54.6 Å². The van der Waals surface area contributed by atoms with Crippen molar-refractivity contribution in [2.45, 2.75) is 25.3 Å². The molecule has 2 heterocycles. The van der Waals surface area contributed by atoms with Gasteiger partial charge in [0.15, 0.2) is 11.6 Å². The smallest absolute Gasteiger partial charge is 0.224 e. The quantitative estimate of drug-likeness (QED) is 0.810. The number of piperazine rings is 1. The normalized spacial score (nSPS) is 22.9. The van der Waals surface area contributed by atoms with E-state index in [0.29, 0.717) is 12.0 Å². The molecular weight excluding hydrogens is 374 g/mol. The zero-order valence-electron chi connectivity index (χ0n) is 16.5. The Balaban J connectivity index is 1.22. The Morgan fingerprint density at radius 3 is 2.66 bits per heavy atom. The van der Waals surface area contributed by atoms with Gasteiger partial charge in [-0.15, -0.1) is 0 Å². The molecule has 2 aromatic rings. The first kappa shape index (κ1) is 19.8. The standard InChI is InChI=1S/C22H26F2N4O/c1-15(14-27-8-10-28(11-9-27)21-4-2-3-7-25-21)26-22(29)18-13-17(18)16-5-6-19(23)20(24)12-16/h2-7,12,15,17-18H,8-11,13-14H2,1H3,(H,26,29). The average Bonchev–Trinajstić information content (AvgIpc) is 3.52. The molecule has 5 nitrogen and oxygen atoms in total. The molecule has 1 aromatic heterocycles. The number of halogens is 2. The molecule has 2 aliphatic rings. The van der Waals surface area contributed by atoms with E-state index in [2.05, 4.69) is 20.1 Å². The Morgan fingerprint density at radius 1 is 1.17 bits per heavy atom. The summed E-state index contributed by atoms with van der Waals surface area (Å²) < 4.78 is 26.5. The fourth-order valence-corrected chi connectivity index (χ4v) is 4.08. The van der Waals surface area contributed by atoms with Gasteiger partial charge in [0, 0.05) is 50.9 Å². The van der Waals surface area contributed by atoms with E-state index in [0.717, 1.165) is 44.6 Å². The van der Waals surface area contributed by atoms with Crippen LogP contribution >= 0.6 is 0 Å². The third-order valence-corrected chi connectivity index (χ3v) is 5.77. The lowest BCUT2D eigenvalue weighted by molar-refractivity contribution is -0.123. The minimum Gasteiger partial charge on any atom is -0.354 e. The first-order valence-electron chi connectivity index (χ1n) is 10.1. The van der Waals surface area contributed by atoms with Crippen LogP contribution < -0.4 is 10.2 Å². The maximum absolute atomic E-state index is 13.4. The highest BCUT2D eigenvalue weighted by atomic mass is 19.2.